The molecular formula is C19H24N4OS. The van der Waals surface area contributed by atoms with E-state index in [0.29, 0.717) is 11.1 Å². The van der Waals surface area contributed by atoms with Gasteiger partial charge >= 0.3 is 0 Å². The van der Waals surface area contributed by atoms with Crippen LogP contribution >= 0.6 is 11.8 Å². The lowest BCUT2D eigenvalue weighted by molar-refractivity contribution is -0.129. The van der Waals surface area contributed by atoms with Crippen LogP contribution in [0, 0.1) is 0 Å². The van der Waals surface area contributed by atoms with E-state index >= 15 is 0 Å². The van der Waals surface area contributed by atoms with E-state index < -0.39 is 0 Å². The second-order valence-electron chi connectivity index (χ2n) is 6.93. The minimum Gasteiger partial charge on any atom is -0.341 e. The van der Waals surface area contributed by atoms with E-state index in [1.54, 1.807) is 0 Å². The number of carbonyl (C=O) groups is 1. The number of H-pyrrole nitrogens is 1. The summed E-state index contributed by atoms with van der Waals surface area (Å²) >= 11 is 1.47. The van der Waals surface area contributed by atoms with Crippen LogP contribution in [0.4, 0.5) is 0 Å². The molecule has 1 saturated heterocycles. The summed E-state index contributed by atoms with van der Waals surface area (Å²) in [5, 5.41) is 7.91. The van der Waals surface area contributed by atoms with Crippen molar-refractivity contribution in [2.75, 3.05) is 13.1 Å². The molecule has 2 aromatic rings. The van der Waals surface area contributed by atoms with E-state index in [4.69, 9.17) is 4.98 Å². The van der Waals surface area contributed by atoms with Gasteiger partial charge in [0.1, 0.15) is 11.1 Å². The number of hydrogen-bond donors (Lipinski definition) is 1. The van der Waals surface area contributed by atoms with Crippen LogP contribution in [-0.4, -0.2) is 39.1 Å². The predicted octanol–water partition coefficient (Wildman–Crippen LogP) is 3.92. The Bertz CT molecular complexity index is 705. The van der Waals surface area contributed by atoms with E-state index in [2.05, 4.69) is 10.2 Å². The Balaban J connectivity index is 1.54. The first-order chi connectivity index (χ1) is 12.3. The second-order valence-corrected chi connectivity index (χ2v) is 8.00. The van der Waals surface area contributed by atoms with E-state index in [1.165, 1.54) is 37.4 Å². The number of aromatic nitrogens is 3. The molecule has 132 valence electrons. The summed E-state index contributed by atoms with van der Waals surface area (Å²) < 4.78 is 0. The number of hydrogen-bond acceptors (Lipinski definition) is 4. The third-order valence-electron chi connectivity index (χ3n) is 5.19. The first-order valence-electron chi connectivity index (χ1n) is 9.24. The van der Waals surface area contributed by atoms with Gasteiger partial charge in [0.15, 0.2) is 0 Å². The molecule has 1 N–H and O–H groups in total. The highest BCUT2D eigenvalue weighted by Crippen LogP contribution is 2.37. The van der Waals surface area contributed by atoms with Crippen molar-refractivity contribution in [3.05, 3.63) is 41.7 Å². The van der Waals surface area contributed by atoms with Crippen LogP contribution in [0.2, 0.25) is 0 Å². The maximum absolute atomic E-state index is 13.1. The summed E-state index contributed by atoms with van der Waals surface area (Å²) in [5.74, 6) is 1.67. The van der Waals surface area contributed by atoms with Crippen molar-refractivity contribution in [3.63, 3.8) is 0 Å². The van der Waals surface area contributed by atoms with Gasteiger partial charge in [0, 0.05) is 19.0 Å². The van der Waals surface area contributed by atoms with Crippen molar-refractivity contribution in [3.8, 4) is 0 Å². The molecule has 1 atom stereocenters. The van der Waals surface area contributed by atoms with Crippen molar-refractivity contribution in [2.24, 2.45) is 0 Å². The molecule has 2 fully saturated rings. The zero-order valence-corrected chi connectivity index (χ0v) is 15.2. The molecule has 1 aromatic heterocycles. The third kappa shape index (κ3) is 3.73. The zero-order valence-electron chi connectivity index (χ0n) is 14.4. The molecule has 1 aromatic carbocycles. The maximum atomic E-state index is 13.1. The van der Waals surface area contributed by atoms with Gasteiger partial charge in [-0.15, -0.1) is 5.10 Å². The van der Waals surface area contributed by atoms with Crippen LogP contribution in [0.3, 0.4) is 0 Å². The summed E-state index contributed by atoms with van der Waals surface area (Å²) in [6, 6.07) is 10.0. The Morgan fingerprint density at radius 2 is 1.84 bits per heavy atom. The highest BCUT2D eigenvalue weighted by atomic mass is 32.2. The van der Waals surface area contributed by atoms with Gasteiger partial charge in [-0.25, -0.2) is 4.98 Å². The Morgan fingerprint density at radius 1 is 1.12 bits per heavy atom. The summed E-state index contributed by atoms with van der Waals surface area (Å²) in [5.41, 5.74) is 1.02. The van der Waals surface area contributed by atoms with Gasteiger partial charge in [0.2, 0.25) is 11.1 Å². The molecule has 25 heavy (non-hydrogen) atoms. The molecular weight excluding hydrogens is 332 g/mol. The Hall–Kier alpha value is -1.82. The Labute approximate surface area is 152 Å². The minimum atomic E-state index is -0.272. The monoisotopic (exact) mass is 356 g/mol. The summed E-state index contributed by atoms with van der Waals surface area (Å²) in [7, 11) is 0. The number of carbonyl (C=O) groups excluding carboxylic acids is 1. The summed E-state index contributed by atoms with van der Waals surface area (Å²) in [6.45, 7) is 1.73. The van der Waals surface area contributed by atoms with Crippen LogP contribution < -0.4 is 0 Å². The van der Waals surface area contributed by atoms with Gasteiger partial charge < -0.3 is 4.90 Å². The van der Waals surface area contributed by atoms with Crippen molar-refractivity contribution < 1.29 is 4.79 Å². The number of benzene rings is 1. The third-order valence-corrected chi connectivity index (χ3v) is 6.29. The summed E-state index contributed by atoms with van der Waals surface area (Å²) in [4.78, 5) is 19.7. The number of thioether (sulfide) groups is 1. The topological polar surface area (TPSA) is 61.9 Å². The molecule has 2 heterocycles. The molecule has 1 aliphatic carbocycles. The lowest BCUT2D eigenvalue weighted by Crippen LogP contribution is -2.31. The van der Waals surface area contributed by atoms with Crippen LogP contribution in [0.1, 0.15) is 61.1 Å². The number of amides is 1. The molecule has 1 saturated carbocycles. The fourth-order valence-electron chi connectivity index (χ4n) is 3.79. The average Bonchev–Trinajstić information content (AvgIpc) is 3.42. The minimum absolute atomic E-state index is 0.181. The molecule has 1 aliphatic heterocycles. The van der Waals surface area contributed by atoms with Gasteiger partial charge in [-0.1, -0.05) is 54.9 Å². The van der Waals surface area contributed by atoms with E-state index in [1.807, 2.05) is 35.2 Å². The molecule has 6 heteroatoms. The first kappa shape index (κ1) is 16.6. The molecule has 1 unspecified atom stereocenters. The summed E-state index contributed by atoms with van der Waals surface area (Å²) in [6.07, 6.45) is 7.12. The molecule has 0 spiro atoms. The average molecular weight is 356 g/mol. The molecule has 2 aliphatic rings. The van der Waals surface area contributed by atoms with Crippen LogP contribution in [0.5, 0.6) is 0 Å². The standard InChI is InChI=1S/C19H24N4OS/c24-18(23-12-6-7-13-23)16(14-8-2-1-3-9-14)25-19-20-17(21-22-19)15-10-4-5-11-15/h1-3,8-9,15-16H,4-7,10-13H2,(H,20,21,22). The molecule has 4 rings (SSSR count). The fraction of sp³-hybridized carbons (Fsp3) is 0.526. The van der Waals surface area contributed by atoms with E-state index in [-0.39, 0.29) is 11.2 Å². The van der Waals surface area contributed by atoms with Gasteiger partial charge in [0.05, 0.1) is 0 Å². The van der Waals surface area contributed by atoms with E-state index in [0.717, 1.165) is 37.3 Å². The molecule has 5 nitrogen and oxygen atoms in total. The number of likely N-dealkylation sites (tertiary alicyclic amines) is 1. The quantitative estimate of drug-likeness (QED) is 0.825. The fourth-order valence-corrected chi connectivity index (χ4v) is 4.79. The van der Waals surface area contributed by atoms with Gasteiger partial charge in [-0.2, -0.15) is 0 Å². The number of aromatic amines is 1. The molecule has 0 bridgehead atoms. The number of nitrogens with one attached hydrogen (secondary N) is 1. The molecule has 1 amide bonds. The largest absolute Gasteiger partial charge is 0.341 e. The van der Waals surface area contributed by atoms with Crippen LogP contribution in [-0.2, 0) is 4.79 Å². The molecule has 0 radical (unpaired) electrons. The lowest BCUT2D eigenvalue weighted by Gasteiger charge is -2.22. The lowest BCUT2D eigenvalue weighted by atomic mass is 10.1. The number of nitrogens with zero attached hydrogens (tertiary/aromatic N) is 3. The zero-order chi connectivity index (χ0) is 17.1. The van der Waals surface area contributed by atoms with Crippen molar-refractivity contribution in [1.29, 1.82) is 0 Å². The van der Waals surface area contributed by atoms with Gasteiger partial charge in [0.25, 0.3) is 0 Å². The first-order valence-corrected chi connectivity index (χ1v) is 10.1. The van der Waals surface area contributed by atoms with Crippen molar-refractivity contribution in [1.82, 2.24) is 20.1 Å². The Morgan fingerprint density at radius 3 is 2.56 bits per heavy atom. The smallest absolute Gasteiger partial charge is 0.240 e. The second kappa shape index (κ2) is 7.60. The normalized spacial score (nSPS) is 19.4. The van der Waals surface area contributed by atoms with Crippen LogP contribution in [0.25, 0.3) is 0 Å². The van der Waals surface area contributed by atoms with E-state index in [9.17, 15) is 4.79 Å². The highest BCUT2D eigenvalue weighted by molar-refractivity contribution is 8.00. The Kier molecular flexibility index (Phi) is 5.06. The van der Waals surface area contributed by atoms with Crippen LogP contribution in [0.15, 0.2) is 35.5 Å². The predicted molar refractivity (Wildman–Crippen MR) is 98.4 cm³/mol. The van der Waals surface area contributed by atoms with Crippen molar-refractivity contribution >= 4 is 17.7 Å². The SMILES string of the molecule is O=C(C(Sc1n[nH]c(C2CCCC2)n1)c1ccccc1)N1CCCC1. The maximum Gasteiger partial charge on any atom is 0.240 e. The van der Waals surface area contributed by atoms with Gasteiger partial charge in [-0.05, 0) is 31.2 Å². The number of rotatable bonds is 5. The van der Waals surface area contributed by atoms with Crippen molar-refractivity contribution in [2.45, 2.75) is 54.8 Å². The highest BCUT2D eigenvalue weighted by Gasteiger charge is 2.30. The van der Waals surface area contributed by atoms with Gasteiger partial charge in [-0.3, -0.25) is 9.89 Å².